The standard InChI is InChI=1S/C10H16N4.2ClH/c1-8-7-12-10(13-9(8)2)14-5-3-11-4-6-14;;/h7,11H,3-6H2,1-2H3;2*1H. The topological polar surface area (TPSA) is 41.1 Å². The molecular weight excluding hydrogens is 247 g/mol. The molecule has 2 rings (SSSR count). The lowest BCUT2D eigenvalue weighted by molar-refractivity contribution is 0.579. The molecule has 0 spiro atoms. The third-order valence-corrected chi connectivity index (χ3v) is 2.61. The van der Waals surface area contributed by atoms with E-state index >= 15 is 0 Å². The van der Waals surface area contributed by atoms with E-state index in [9.17, 15) is 0 Å². The molecule has 0 bridgehead atoms. The Morgan fingerprint density at radius 1 is 1.19 bits per heavy atom. The van der Waals surface area contributed by atoms with Crippen LogP contribution >= 0.6 is 24.8 Å². The number of hydrogen-bond donors (Lipinski definition) is 1. The van der Waals surface area contributed by atoms with Gasteiger partial charge in [0, 0.05) is 38.1 Å². The summed E-state index contributed by atoms with van der Waals surface area (Å²) < 4.78 is 0. The van der Waals surface area contributed by atoms with Crippen molar-refractivity contribution in [2.45, 2.75) is 13.8 Å². The summed E-state index contributed by atoms with van der Waals surface area (Å²) in [7, 11) is 0. The molecule has 16 heavy (non-hydrogen) atoms. The van der Waals surface area contributed by atoms with Gasteiger partial charge in [0.25, 0.3) is 0 Å². The first-order valence-electron chi connectivity index (χ1n) is 5.03. The average Bonchev–Trinajstić information content (AvgIpc) is 2.23. The van der Waals surface area contributed by atoms with Gasteiger partial charge in [0.15, 0.2) is 0 Å². The highest BCUT2D eigenvalue weighted by Crippen LogP contribution is 2.10. The van der Waals surface area contributed by atoms with Gasteiger partial charge >= 0.3 is 0 Å². The quantitative estimate of drug-likeness (QED) is 0.832. The molecule has 0 unspecified atom stereocenters. The zero-order valence-corrected chi connectivity index (χ0v) is 11.2. The Morgan fingerprint density at radius 2 is 1.81 bits per heavy atom. The molecule has 0 aliphatic carbocycles. The fourth-order valence-corrected chi connectivity index (χ4v) is 1.53. The number of hydrogen-bond acceptors (Lipinski definition) is 4. The summed E-state index contributed by atoms with van der Waals surface area (Å²) in [5, 5.41) is 3.31. The first-order valence-corrected chi connectivity index (χ1v) is 5.03. The molecule has 6 heteroatoms. The van der Waals surface area contributed by atoms with Crippen LogP contribution in [-0.2, 0) is 0 Å². The molecule has 0 amide bonds. The van der Waals surface area contributed by atoms with Crippen molar-refractivity contribution in [1.82, 2.24) is 15.3 Å². The summed E-state index contributed by atoms with van der Waals surface area (Å²) in [5.74, 6) is 0.870. The van der Waals surface area contributed by atoms with E-state index in [0.29, 0.717) is 0 Å². The smallest absolute Gasteiger partial charge is 0.225 e. The number of aromatic nitrogens is 2. The van der Waals surface area contributed by atoms with E-state index < -0.39 is 0 Å². The predicted molar refractivity (Wildman–Crippen MR) is 71.1 cm³/mol. The summed E-state index contributed by atoms with van der Waals surface area (Å²) in [6.07, 6.45) is 1.90. The Labute approximate surface area is 109 Å². The van der Waals surface area contributed by atoms with Gasteiger partial charge in [0.2, 0.25) is 5.95 Å². The molecule has 4 nitrogen and oxygen atoms in total. The Kier molecular flexibility index (Phi) is 6.64. The van der Waals surface area contributed by atoms with Gasteiger partial charge in [-0.2, -0.15) is 0 Å². The Bertz CT molecular complexity index is 327. The van der Waals surface area contributed by atoms with Gasteiger partial charge in [-0.05, 0) is 19.4 Å². The molecule has 1 N–H and O–H groups in total. The lowest BCUT2D eigenvalue weighted by Gasteiger charge is -2.27. The largest absolute Gasteiger partial charge is 0.338 e. The molecule has 0 saturated carbocycles. The van der Waals surface area contributed by atoms with Crippen LogP contribution in [0.15, 0.2) is 6.20 Å². The van der Waals surface area contributed by atoms with Crippen LogP contribution in [0.2, 0.25) is 0 Å². The third kappa shape index (κ3) is 3.47. The van der Waals surface area contributed by atoms with Crippen LogP contribution in [0.25, 0.3) is 0 Å². The first kappa shape index (κ1) is 15.4. The SMILES string of the molecule is Cc1cnc(N2CCNCC2)nc1C.Cl.Cl. The van der Waals surface area contributed by atoms with Crippen LogP contribution in [-0.4, -0.2) is 36.1 Å². The number of nitrogens with zero attached hydrogens (tertiary/aromatic N) is 3. The first-order chi connectivity index (χ1) is 6.77. The molecular formula is C10H18Cl2N4. The van der Waals surface area contributed by atoms with Gasteiger partial charge in [-0.1, -0.05) is 0 Å². The van der Waals surface area contributed by atoms with Gasteiger partial charge in [0.1, 0.15) is 0 Å². The lowest BCUT2D eigenvalue weighted by Crippen LogP contribution is -2.44. The number of aryl methyl sites for hydroxylation is 2. The second-order valence-electron chi connectivity index (χ2n) is 3.68. The molecule has 0 atom stereocenters. The molecule has 1 aromatic heterocycles. The van der Waals surface area contributed by atoms with Crippen molar-refractivity contribution < 1.29 is 0 Å². The van der Waals surface area contributed by atoms with Crippen LogP contribution in [0.4, 0.5) is 5.95 Å². The average molecular weight is 265 g/mol. The molecule has 1 aromatic rings. The van der Waals surface area contributed by atoms with Gasteiger partial charge in [-0.25, -0.2) is 9.97 Å². The molecule has 0 aromatic carbocycles. The second kappa shape index (κ2) is 6.89. The maximum atomic E-state index is 4.48. The molecule has 2 heterocycles. The van der Waals surface area contributed by atoms with E-state index in [1.165, 1.54) is 0 Å². The summed E-state index contributed by atoms with van der Waals surface area (Å²) in [6.45, 7) is 8.12. The Hall–Kier alpha value is -0.580. The van der Waals surface area contributed by atoms with Gasteiger partial charge in [-0.3, -0.25) is 0 Å². The van der Waals surface area contributed by atoms with Crippen LogP contribution in [0.1, 0.15) is 11.3 Å². The highest BCUT2D eigenvalue weighted by Gasteiger charge is 2.12. The van der Waals surface area contributed by atoms with Crippen molar-refractivity contribution in [1.29, 1.82) is 0 Å². The molecule has 92 valence electrons. The summed E-state index contributed by atoms with van der Waals surface area (Å²) in [6, 6.07) is 0. The van der Waals surface area contributed by atoms with Crippen LogP contribution in [0, 0.1) is 13.8 Å². The van der Waals surface area contributed by atoms with Gasteiger partial charge in [-0.15, -0.1) is 24.8 Å². The minimum absolute atomic E-state index is 0. The van der Waals surface area contributed by atoms with Crippen molar-refractivity contribution >= 4 is 30.8 Å². The fraction of sp³-hybridized carbons (Fsp3) is 0.600. The highest BCUT2D eigenvalue weighted by atomic mass is 35.5. The van der Waals surface area contributed by atoms with Crippen LogP contribution in [0.3, 0.4) is 0 Å². The van der Waals surface area contributed by atoms with Crippen LogP contribution < -0.4 is 10.2 Å². The minimum atomic E-state index is 0. The molecule has 1 aliphatic rings. The van der Waals surface area contributed by atoms with E-state index in [0.717, 1.165) is 43.4 Å². The van der Waals surface area contributed by atoms with E-state index in [1.54, 1.807) is 0 Å². The number of rotatable bonds is 1. The lowest BCUT2D eigenvalue weighted by atomic mass is 10.3. The molecule has 1 aliphatic heterocycles. The Morgan fingerprint density at radius 3 is 2.38 bits per heavy atom. The maximum Gasteiger partial charge on any atom is 0.225 e. The second-order valence-corrected chi connectivity index (χ2v) is 3.68. The monoisotopic (exact) mass is 264 g/mol. The number of halogens is 2. The predicted octanol–water partition coefficient (Wildman–Crippen LogP) is 1.35. The minimum Gasteiger partial charge on any atom is -0.338 e. The zero-order chi connectivity index (χ0) is 9.97. The van der Waals surface area contributed by atoms with E-state index in [-0.39, 0.29) is 24.8 Å². The molecule has 0 radical (unpaired) electrons. The number of nitrogens with one attached hydrogen (secondary N) is 1. The van der Waals surface area contributed by atoms with Crippen molar-refractivity contribution in [2.24, 2.45) is 0 Å². The van der Waals surface area contributed by atoms with E-state index in [2.05, 4.69) is 20.2 Å². The Balaban J connectivity index is 0.00000112. The normalized spacial score (nSPS) is 15.0. The highest BCUT2D eigenvalue weighted by molar-refractivity contribution is 5.85. The number of piperazine rings is 1. The van der Waals surface area contributed by atoms with Crippen LogP contribution in [0.5, 0.6) is 0 Å². The molecule has 1 saturated heterocycles. The summed E-state index contributed by atoms with van der Waals surface area (Å²) in [5.41, 5.74) is 2.23. The van der Waals surface area contributed by atoms with E-state index in [1.807, 2.05) is 20.0 Å². The molecule has 1 fully saturated rings. The van der Waals surface area contributed by atoms with Gasteiger partial charge in [0.05, 0.1) is 0 Å². The zero-order valence-electron chi connectivity index (χ0n) is 9.56. The fourth-order valence-electron chi connectivity index (χ4n) is 1.53. The van der Waals surface area contributed by atoms with Crippen molar-refractivity contribution in [3.63, 3.8) is 0 Å². The third-order valence-electron chi connectivity index (χ3n) is 2.61. The van der Waals surface area contributed by atoms with Crippen molar-refractivity contribution in [3.05, 3.63) is 17.5 Å². The summed E-state index contributed by atoms with van der Waals surface area (Å²) >= 11 is 0. The van der Waals surface area contributed by atoms with E-state index in [4.69, 9.17) is 0 Å². The maximum absolute atomic E-state index is 4.48. The van der Waals surface area contributed by atoms with Crippen molar-refractivity contribution in [3.8, 4) is 0 Å². The summed E-state index contributed by atoms with van der Waals surface area (Å²) in [4.78, 5) is 11.1. The van der Waals surface area contributed by atoms with Crippen molar-refractivity contribution in [2.75, 3.05) is 31.1 Å². The number of anilines is 1. The van der Waals surface area contributed by atoms with Gasteiger partial charge < -0.3 is 10.2 Å².